The molecule has 0 atom stereocenters. The van der Waals surface area contributed by atoms with E-state index in [1.807, 2.05) is 13.8 Å². The Kier molecular flexibility index (Phi) is 5.28. The van der Waals surface area contributed by atoms with Gasteiger partial charge in [0.25, 0.3) is 0 Å². The number of hydrogen-bond acceptors (Lipinski definition) is 4. The summed E-state index contributed by atoms with van der Waals surface area (Å²) in [6, 6.07) is 3.32. The van der Waals surface area contributed by atoms with Crippen LogP contribution in [0.5, 0.6) is 0 Å². The fourth-order valence-corrected chi connectivity index (χ4v) is 2.70. The highest BCUT2D eigenvalue weighted by Crippen LogP contribution is 2.24. The van der Waals surface area contributed by atoms with Crippen LogP contribution in [0, 0.1) is 13.8 Å². The molecule has 0 aliphatic carbocycles. The van der Waals surface area contributed by atoms with Crippen molar-refractivity contribution in [2.75, 3.05) is 5.32 Å². The summed E-state index contributed by atoms with van der Waals surface area (Å²) in [7, 11) is 1.61. The zero-order valence-corrected chi connectivity index (χ0v) is 14.4. The highest BCUT2D eigenvalue weighted by molar-refractivity contribution is 8.13. The summed E-state index contributed by atoms with van der Waals surface area (Å²) in [6.45, 7) is 8.96. The van der Waals surface area contributed by atoms with Gasteiger partial charge in [-0.2, -0.15) is 0 Å². The minimum atomic E-state index is -3.65. The van der Waals surface area contributed by atoms with Crippen molar-refractivity contribution in [2.24, 2.45) is 0 Å². The second-order valence-electron chi connectivity index (χ2n) is 5.90. The number of rotatable bonds is 3. The molecule has 0 saturated heterocycles. The Hall–Kier alpha value is -1.27. The maximum atomic E-state index is 11.8. The Balaban J connectivity index is 3.04. The van der Waals surface area contributed by atoms with Crippen molar-refractivity contribution in [2.45, 2.75) is 46.0 Å². The zero-order valence-electron chi connectivity index (χ0n) is 12.8. The number of halogens is 1. The summed E-state index contributed by atoms with van der Waals surface area (Å²) in [5.74, 6) is -0.293. The third kappa shape index (κ3) is 6.35. The van der Waals surface area contributed by atoms with Crippen molar-refractivity contribution in [3.05, 3.63) is 28.8 Å². The molecule has 0 unspecified atom stereocenters. The minimum absolute atomic E-state index is 0.293. The van der Waals surface area contributed by atoms with Crippen molar-refractivity contribution in [3.63, 3.8) is 0 Å². The Morgan fingerprint density at radius 3 is 2.33 bits per heavy atom. The highest BCUT2D eigenvalue weighted by atomic mass is 35.7. The molecule has 1 N–H and O–H groups in total. The second-order valence-corrected chi connectivity index (χ2v) is 8.67. The van der Waals surface area contributed by atoms with Crippen molar-refractivity contribution < 1.29 is 17.9 Å². The number of carbonyl (C=O) groups is 1. The molecule has 0 bridgehead atoms. The number of nitrogens with one attached hydrogen (secondary N) is 1. The van der Waals surface area contributed by atoms with Crippen LogP contribution >= 0.6 is 10.7 Å². The predicted molar refractivity (Wildman–Crippen MR) is 84.2 cm³/mol. The van der Waals surface area contributed by atoms with Gasteiger partial charge in [0.15, 0.2) is 0 Å². The Morgan fingerprint density at radius 2 is 1.86 bits per heavy atom. The van der Waals surface area contributed by atoms with Gasteiger partial charge in [-0.1, -0.05) is 6.07 Å². The van der Waals surface area contributed by atoms with Gasteiger partial charge in [0.1, 0.15) is 5.60 Å². The van der Waals surface area contributed by atoms with Crippen LogP contribution in [0.2, 0.25) is 0 Å². The Bertz CT molecular complexity index is 648. The maximum Gasteiger partial charge on any atom is 0.412 e. The molecule has 1 amide bonds. The minimum Gasteiger partial charge on any atom is -0.444 e. The van der Waals surface area contributed by atoms with Gasteiger partial charge < -0.3 is 4.74 Å². The van der Waals surface area contributed by atoms with E-state index in [0.717, 1.165) is 11.1 Å². The van der Waals surface area contributed by atoms with Crippen molar-refractivity contribution in [1.82, 2.24) is 0 Å². The summed E-state index contributed by atoms with van der Waals surface area (Å²) >= 11 is 0. The molecule has 0 aliphatic heterocycles. The van der Waals surface area contributed by atoms with Crippen LogP contribution in [0.25, 0.3) is 0 Å². The lowest BCUT2D eigenvalue weighted by Gasteiger charge is -2.20. The van der Waals surface area contributed by atoms with Crippen LogP contribution in [0.4, 0.5) is 10.5 Å². The standard InChI is InChI=1S/C14H20ClNO4S/c1-9-6-11(8-21(15,18)19)7-12(10(9)2)16-13(17)20-14(3,4)5/h6-7H,8H2,1-5H3,(H,16,17). The average Bonchev–Trinajstić information content (AvgIpc) is 2.19. The molecule has 0 aliphatic rings. The van der Waals surface area contributed by atoms with Crippen molar-refractivity contribution in [1.29, 1.82) is 0 Å². The third-order valence-corrected chi connectivity index (χ3v) is 3.71. The van der Waals surface area contributed by atoms with E-state index in [2.05, 4.69) is 5.32 Å². The Morgan fingerprint density at radius 1 is 1.29 bits per heavy atom. The van der Waals surface area contributed by atoms with Crippen molar-refractivity contribution >= 4 is 31.5 Å². The van der Waals surface area contributed by atoms with E-state index >= 15 is 0 Å². The van der Waals surface area contributed by atoms with Gasteiger partial charge >= 0.3 is 6.09 Å². The van der Waals surface area contributed by atoms with E-state index in [-0.39, 0.29) is 5.75 Å². The molecule has 1 aromatic carbocycles. The topological polar surface area (TPSA) is 72.5 Å². The van der Waals surface area contributed by atoms with Gasteiger partial charge in [0.2, 0.25) is 9.05 Å². The van der Waals surface area contributed by atoms with Crippen LogP contribution in [0.1, 0.15) is 37.5 Å². The third-order valence-electron chi connectivity index (χ3n) is 2.70. The highest BCUT2D eigenvalue weighted by Gasteiger charge is 2.18. The van der Waals surface area contributed by atoms with E-state index in [1.54, 1.807) is 32.9 Å². The fourth-order valence-electron chi connectivity index (χ4n) is 1.76. The van der Waals surface area contributed by atoms with E-state index in [1.165, 1.54) is 0 Å². The van der Waals surface area contributed by atoms with Crippen LogP contribution < -0.4 is 5.32 Å². The lowest BCUT2D eigenvalue weighted by atomic mass is 10.0. The van der Waals surface area contributed by atoms with E-state index < -0.39 is 20.7 Å². The molecule has 5 nitrogen and oxygen atoms in total. The number of hydrogen-bond donors (Lipinski definition) is 1. The largest absolute Gasteiger partial charge is 0.444 e. The molecule has 118 valence electrons. The monoisotopic (exact) mass is 333 g/mol. The lowest BCUT2D eigenvalue weighted by Crippen LogP contribution is -2.27. The number of carbonyl (C=O) groups excluding carboxylic acids is 1. The van der Waals surface area contributed by atoms with Gasteiger partial charge in [-0.15, -0.1) is 0 Å². The van der Waals surface area contributed by atoms with Gasteiger partial charge in [-0.05, 0) is 57.4 Å². The first-order valence-corrected chi connectivity index (χ1v) is 8.88. The van der Waals surface area contributed by atoms with E-state index in [4.69, 9.17) is 15.4 Å². The first-order valence-electron chi connectivity index (χ1n) is 6.40. The SMILES string of the molecule is Cc1cc(CS(=O)(=O)Cl)cc(NC(=O)OC(C)(C)C)c1C. The molecule has 1 rings (SSSR count). The van der Waals surface area contributed by atoms with Gasteiger partial charge in [0, 0.05) is 16.4 Å². The van der Waals surface area contributed by atoms with Crippen LogP contribution in [0.15, 0.2) is 12.1 Å². The number of ether oxygens (including phenoxy) is 1. The van der Waals surface area contributed by atoms with Gasteiger partial charge in [-0.25, -0.2) is 13.2 Å². The second kappa shape index (κ2) is 6.23. The molecule has 0 spiro atoms. The summed E-state index contributed by atoms with van der Waals surface area (Å²) in [4.78, 5) is 11.8. The maximum absolute atomic E-state index is 11.8. The molecule has 1 aromatic rings. The predicted octanol–water partition coefficient (Wildman–Crippen LogP) is 3.72. The van der Waals surface area contributed by atoms with Crippen LogP contribution in [-0.2, 0) is 19.5 Å². The summed E-state index contributed by atoms with van der Waals surface area (Å²) in [6.07, 6.45) is -0.587. The molecule has 0 aromatic heterocycles. The number of benzene rings is 1. The molecule has 0 radical (unpaired) electrons. The molecule has 21 heavy (non-hydrogen) atoms. The van der Waals surface area contributed by atoms with Gasteiger partial charge in [-0.3, -0.25) is 5.32 Å². The molecule has 0 saturated carbocycles. The lowest BCUT2D eigenvalue weighted by molar-refractivity contribution is 0.0636. The molecular formula is C14H20ClNO4S. The molecule has 7 heteroatoms. The van der Waals surface area contributed by atoms with Crippen LogP contribution in [-0.4, -0.2) is 20.1 Å². The number of amides is 1. The van der Waals surface area contributed by atoms with E-state index in [9.17, 15) is 13.2 Å². The smallest absolute Gasteiger partial charge is 0.412 e. The molecule has 0 heterocycles. The van der Waals surface area contributed by atoms with Crippen molar-refractivity contribution in [3.8, 4) is 0 Å². The Labute approximate surface area is 130 Å². The first kappa shape index (κ1) is 17.8. The van der Waals surface area contributed by atoms with Gasteiger partial charge in [0.05, 0.1) is 5.75 Å². The quantitative estimate of drug-likeness (QED) is 0.856. The normalized spacial score (nSPS) is 12.1. The average molecular weight is 334 g/mol. The number of aryl methyl sites for hydroxylation is 1. The summed E-state index contributed by atoms with van der Waals surface area (Å²) < 4.78 is 27.5. The number of anilines is 1. The fraction of sp³-hybridized carbons (Fsp3) is 0.500. The first-order chi connectivity index (χ1) is 9.37. The molecular weight excluding hydrogens is 314 g/mol. The zero-order chi connectivity index (χ0) is 16.4. The summed E-state index contributed by atoms with van der Waals surface area (Å²) in [5.41, 5.74) is 2.12. The molecule has 0 fully saturated rings. The summed E-state index contributed by atoms with van der Waals surface area (Å²) in [5, 5.41) is 2.63. The van der Waals surface area contributed by atoms with Crippen LogP contribution in [0.3, 0.4) is 0 Å². The van der Waals surface area contributed by atoms with E-state index in [0.29, 0.717) is 11.3 Å².